The van der Waals surface area contributed by atoms with Crippen molar-refractivity contribution in [3.63, 3.8) is 0 Å². The Kier molecular flexibility index (Phi) is 8.08. The van der Waals surface area contributed by atoms with Crippen LogP contribution in [-0.2, 0) is 12.0 Å². The first kappa shape index (κ1) is 28.9. The number of halogens is 6. The maximum absolute atomic E-state index is 15.3. The van der Waals surface area contributed by atoms with Gasteiger partial charge in [0.05, 0.1) is 18.3 Å². The second-order valence-electron chi connectivity index (χ2n) is 9.66. The van der Waals surface area contributed by atoms with E-state index >= 15 is 4.39 Å². The van der Waals surface area contributed by atoms with Crippen LogP contribution in [0.1, 0.15) is 32.4 Å². The molecule has 0 saturated heterocycles. The summed E-state index contributed by atoms with van der Waals surface area (Å²) in [5, 5.41) is 8.42. The highest BCUT2D eigenvalue weighted by molar-refractivity contribution is 5.37. The Balaban J connectivity index is 1.71. The monoisotopic (exact) mass is 568 g/mol. The Morgan fingerprint density at radius 3 is 2.25 bits per heavy atom. The van der Waals surface area contributed by atoms with E-state index in [9.17, 15) is 26.7 Å². The zero-order valence-electron chi connectivity index (χ0n) is 21.7. The Labute approximate surface area is 224 Å². The average molecular weight is 569 g/mol. The van der Waals surface area contributed by atoms with Gasteiger partial charge in [-0.2, -0.15) is 19.0 Å². The molecule has 14 heteroatoms. The minimum absolute atomic E-state index is 0.0863. The van der Waals surface area contributed by atoms with Crippen molar-refractivity contribution in [3.8, 4) is 11.4 Å². The van der Waals surface area contributed by atoms with E-state index in [2.05, 4.69) is 15.2 Å². The first-order valence-electron chi connectivity index (χ1n) is 12.2. The summed E-state index contributed by atoms with van der Waals surface area (Å²) in [4.78, 5) is 17.5. The van der Waals surface area contributed by atoms with Crippen LogP contribution < -0.4 is 10.4 Å². The lowest BCUT2D eigenvalue weighted by Crippen LogP contribution is -2.47. The fraction of sp³-hybridized carbons (Fsp3) is 0.385. The summed E-state index contributed by atoms with van der Waals surface area (Å²) in [5.74, 6) is -6.27. The smallest absolute Gasteiger partial charge is 0.350 e. The molecule has 2 atom stereocenters. The molecule has 2 aromatic carbocycles. The molecule has 0 aliphatic heterocycles. The zero-order chi connectivity index (χ0) is 29.2. The van der Waals surface area contributed by atoms with Gasteiger partial charge < -0.3 is 4.74 Å². The van der Waals surface area contributed by atoms with Gasteiger partial charge in [-0.15, -0.1) is 0 Å². The van der Waals surface area contributed by atoms with Crippen LogP contribution in [0.4, 0.5) is 26.3 Å². The predicted molar refractivity (Wildman–Crippen MR) is 132 cm³/mol. The van der Waals surface area contributed by atoms with Crippen molar-refractivity contribution in [1.29, 1.82) is 0 Å². The normalized spacial score (nSPS) is 14.5. The van der Waals surface area contributed by atoms with Crippen LogP contribution in [0, 0.1) is 17.6 Å². The Morgan fingerprint density at radius 1 is 0.975 bits per heavy atom. The van der Waals surface area contributed by atoms with Gasteiger partial charge in [0.15, 0.2) is 6.61 Å². The van der Waals surface area contributed by atoms with Crippen molar-refractivity contribution in [1.82, 2.24) is 29.1 Å². The highest BCUT2D eigenvalue weighted by Gasteiger charge is 2.46. The molecule has 0 bridgehead atoms. The van der Waals surface area contributed by atoms with Crippen molar-refractivity contribution in [3.05, 3.63) is 89.1 Å². The molecule has 2 unspecified atom stereocenters. The van der Waals surface area contributed by atoms with E-state index in [1.165, 1.54) is 63.2 Å². The highest BCUT2D eigenvalue weighted by Crippen LogP contribution is 2.44. The van der Waals surface area contributed by atoms with Crippen LogP contribution in [-0.4, -0.2) is 48.1 Å². The van der Waals surface area contributed by atoms with Crippen LogP contribution in [0.5, 0.6) is 5.75 Å². The van der Waals surface area contributed by atoms with Crippen molar-refractivity contribution >= 4 is 0 Å². The van der Waals surface area contributed by atoms with E-state index in [1.54, 1.807) is 6.92 Å². The van der Waals surface area contributed by atoms with Gasteiger partial charge in [-0.1, -0.05) is 19.9 Å². The standard InChI is InChI=1S/C26H26F6N6O2/c1-16(2)25(11-36-14-33-13-34-36,21-9-4-18(27)10-22(21)28)17(3)38-24(39)37(15-35-38)19-5-7-20(8-6-19)40-12-26(31,32)23(29)30/h4-10,13-17,23H,11-12H2,1-3H3. The summed E-state index contributed by atoms with van der Waals surface area (Å²) in [7, 11) is 0. The van der Waals surface area contributed by atoms with Crippen LogP contribution in [0.15, 0.2) is 66.2 Å². The Morgan fingerprint density at radius 2 is 1.68 bits per heavy atom. The highest BCUT2D eigenvalue weighted by atomic mass is 19.3. The van der Waals surface area contributed by atoms with Gasteiger partial charge in [-0.05, 0) is 48.7 Å². The second kappa shape index (κ2) is 11.2. The molecular weight excluding hydrogens is 542 g/mol. The average Bonchev–Trinajstić information content (AvgIpc) is 3.55. The van der Waals surface area contributed by atoms with E-state index in [1.807, 2.05) is 13.8 Å². The third kappa shape index (κ3) is 5.47. The van der Waals surface area contributed by atoms with E-state index < -0.39 is 47.7 Å². The number of benzene rings is 2. The summed E-state index contributed by atoms with van der Waals surface area (Å²) in [6.45, 7) is 3.95. The van der Waals surface area contributed by atoms with Crippen molar-refractivity contribution < 1.29 is 31.1 Å². The minimum atomic E-state index is -4.31. The Hall–Kier alpha value is -4.10. The molecule has 0 radical (unpaired) electrons. The number of aromatic nitrogens is 6. The molecule has 4 aromatic rings. The molecule has 4 rings (SSSR count). The summed E-state index contributed by atoms with van der Waals surface area (Å²) in [6, 6.07) is 7.73. The van der Waals surface area contributed by atoms with Gasteiger partial charge in [-0.25, -0.2) is 36.6 Å². The molecule has 0 N–H and O–H groups in total. The second-order valence-corrected chi connectivity index (χ2v) is 9.66. The lowest BCUT2D eigenvalue weighted by atomic mass is 9.66. The lowest BCUT2D eigenvalue weighted by molar-refractivity contribution is -0.148. The fourth-order valence-corrected chi connectivity index (χ4v) is 4.79. The van der Waals surface area contributed by atoms with E-state index in [-0.39, 0.29) is 29.5 Å². The van der Waals surface area contributed by atoms with Crippen LogP contribution >= 0.6 is 0 Å². The van der Waals surface area contributed by atoms with Crippen molar-refractivity contribution in [2.45, 2.75) is 51.1 Å². The first-order valence-corrected chi connectivity index (χ1v) is 12.2. The van der Waals surface area contributed by atoms with Gasteiger partial charge in [0.25, 0.3) is 0 Å². The molecule has 0 aliphatic carbocycles. The van der Waals surface area contributed by atoms with Crippen LogP contribution in [0.3, 0.4) is 0 Å². The SMILES string of the molecule is CC(C)C(Cn1cncn1)(c1ccc(F)cc1F)C(C)n1ncn(-c2ccc(OCC(F)(F)C(F)F)cc2)c1=O. The molecule has 2 aromatic heterocycles. The summed E-state index contributed by atoms with van der Waals surface area (Å²) < 4.78 is 88.9. The number of hydrogen-bond donors (Lipinski definition) is 0. The molecule has 0 saturated carbocycles. The third-order valence-electron chi connectivity index (χ3n) is 7.02. The van der Waals surface area contributed by atoms with Gasteiger partial charge in [0.1, 0.15) is 36.4 Å². The molecule has 0 amide bonds. The number of rotatable bonds is 11. The number of alkyl halides is 4. The topological polar surface area (TPSA) is 79.8 Å². The predicted octanol–water partition coefficient (Wildman–Crippen LogP) is 5.04. The molecule has 0 fully saturated rings. The zero-order valence-corrected chi connectivity index (χ0v) is 21.7. The maximum atomic E-state index is 15.3. The summed E-state index contributed by atoms with van der Waals surface area (Å²) >= 11 is 0. The number of nitrogens with zero attached hydrogens (tertiary/aromatic N) is 6. The summed E-state index contributed by atoms with van der Waals surface area (Å²) in [6.07, 6.45) is 0.137. The third-order valence-corrected chi connectivity index (χ3v) is 7.02. The molecule has 0 aliphatic rings. The molecule has 40 heavy (non-hydrogen) atoms. The van der Waals surface area contributed by atoms with E-state index in [0.717, 1.165) is 12.1 Å². The van der Waals surface area contributed by atoms with Gasteiger partial charge in [0.2, 0.25) is 0 Å². The fourth-order valence-electron chi connectivity index (χ4n) is 4.79. The molecular formula is C26H26F6N6O2. The first-order chi connectivity index (χ1) is 18.9. The Bertz CT molecular complexity index is 1490. The largest absolute Gasteiger partial charge is 0.487 e. The van der Waals surface area contributed by atoms with Crippen molar-refractivity contribution in [2.75, 3.05) is 6.61 Å². The molecule has 214 valence electrons. The summed E-state index contributed by atoms with van der Waals surface area (Å²) in [5.41, 5.74) is -1.30. The van der Waals surface area contributed by atoms with E-state index in [4.69, 9.17) is 4.74 Å². The quantitative estimate of drug-likeness (QED) is 0.237. The molecule has 0 spiro atoms. The molecule has 8 nitrogen and oxygen atoms in total. The van der Waals surface area contributed by atoms with Gasteiger partial charge >= 0.3 is 18.0 Å². The minimum Gasteiger partial charge on any atom is -0.487 e. The lowest BCUT2D eigenvalue weighted by Gasteiger charge is -2.42. The van der Waals surface area contributed by atoms with Gasteiger partial charge in [0, 0.05) is 11.5 Å². The van der Waals surface area contributed by atoms with Gasteiger partial charge in [-0.3, -0.25) is 4.68 Å². The van der Waals surface area contributed by atoms with Crippen molar-refractivity contribution in [2.24, 2.45) is 5.92 Å². The number of hydrogen-bond acceptors (Lipinski definition) is 5. The molecule has 2 heterocycles. The van der Waals surface area contributed by atoms with Crippen LogP contribution in [0.2, 0.25) is 0 Å². The number of ether oxygens (including phenoxy) is 1. The maximum Gasteiger partial charge on any atom is 0.350 e. The van der Waals surface area contributed by atoms with Crippen LogP contribution in [0.25, 0.3) is 5.69 Å². The van der Waals surface area contributed by atoms with E-state index in [0.29, 0.717) is 0 Å².